The number of nitrogens with two attached hydrogens (primary N) is 1. The van der Waals surface area contributed by atoms with Crippen molar-refractivity contribution in [2.45, 2.75) is 12.2 Å². The van der Waals surface area contributed by atoms with Crippen molar-refractivity contribution in [3.05, 3.63) is 78.1 Å². The first-order chi connectivity index (χ1) is 13.6. The number of carbonyl (C=O) groups is 1. The van der Waals surface area contributed by atoms with Crippen molar-refractivity contribution in [1.29, 1.82) is 0 Å². The largest absolute Gasteiger partial charge is 0.369 e. The Hall–Kier alpha value is -3.68. The predicted molar refractivity (Wildman–Crippen MR) is 102 cm³/mol. The molecule has 28 heavy (non-hydrogen) atoms. The molecule has 3 heterocycles. The Bertz CT molecular complexity index is 1070. The molecule has 1 aromatic carbocycles. The summed E-state index contributed by atoms with van der Waals surface area (Å²) >= 11 is 0. The van der Waals surface area contributed by atoms with E-state index in [1.807, 2.05) is 18.2 Å². The van der Waals surface area contributed by atoms with E-state index in [1.54, 1.807) is 43.7 Å². The van der Waals surface area contributed by atoms with Crippen LogP contribution in [-0.4, -0.2) is 38.8 Å². The van der Waals surface area contributed by atoms with Crippen LogP contribution in [0, 0.1) is 0 Å². The van der Waals surface area contributed by atoms with Crippen LogP contribution in [0.15, 0.2) is 66.2 Å². The van der Waals surface area contributed by atoms with E-state index in [0.29, 0.717) is 11.3 Å². The Balaban J connectivity index is 1.95. The zero-order valence-corrected chi connectivity index (χ0v) is 15.1. The number of aliphatic imine (C=N–C) groups is 1. The fourth-order valence-electron chi connectivity index (χ4n) is 3.27. The van der Waals surface area contributed by atoms with Crippen molar-refractivity contribution < 1.29 is 9.18 Å². The molecule has 8 heteroatoms. The van der Waals surface area contributed by atoms with Crippen molar-refractivity contribution in [2.24, 2.45) is 10.7 Å². The van der Waals surface area contributed by atoms with E-state index in [2.05, 4.69) is 19.9 Å². The molecule has 140 valence electrons. The van der Waals surface area contributed by atoms with Crippen LogP contribution in [-0.2, 0) is 17.0 Å². The lowest BCUT2D eigenvalue weighted by Crippen LogP contribution is -2.41. The van der Waals surface area contributed by atoms with E-state index in [1.165, 1.54) is 11.2 Å². The molecule has 0 saturated heterocycles. The van der Waals surface area contributed by atoms with Crippen LogP contribution >= 0.6 is 0 Å². The van der Waals surface area contributed by atoms with Gasteiger partial charge in [-0.15, -0.1) is 0 Å². The Morgan fingerprint density at radius 1 is 1.11 bits per heavy atom. The maximum atomic E-state index is 13.3. The smallest absolute Gasteiger partial charge is 0.267 e. The van der Waals surface area contributed by atoms with Crippen molar-refractivity contribution in [2.75, 3.05) is 7.05 Å². The van der Waals surface area contributed by atoms with Crippen LogP contribution in [0.5, 0.6) is 0 Å². The minimum Gasteiger partial charge on any atom is -0.369 e. The number of amides is 1. The second-order valence-corrected chi connectivity index (χ2v) is 6.40. The van der Waals surface area contributed by atoms with Gasteiger partial charge in [0.25, 0.3) is 5.91 Å². The molecule has 1 aliphatic heterocycles. The van der Waals surface area contributed by atoms with Gasteiger partial charge in [-0.2, -0.15) is 0 Å². The molecule has 0 aliphatic carbocycles. The highest BCUT2D eigenvalue weighted by Gasteiger charge is 2.50. The summed E-state index contributed by atoms with van der Waals surface area (Å²) in [6.45, 7) is -0.742. The molecule has 0 bridgehead atoms. The molecule has 4 rings (SSSR count). The summed E-state index contributed by atoms with van der Waals surface area (Å²) in [6, 6.07) is 12.2. The van der Waals surface area contributed by atoms with E-state index in [9.17, 15) is 9.18 Å². The standard InChI is InChI=1S/C20H17FN6O/c1-27-18(28)20(26-19(27)22,17-7-3-6-16(9-21)25-17)15-5-2-4-13(8-15)14-10-23-12-24-11-14/h2-8,10-12H,9H2,1H3,(H2,22,26). The number of halogens is 1. The third-order valence-electron chi connectivity index (χ3n) is 4.73. The molecular weight excluding hydrogens is 359 g/mol. The number of likely N-dealkylation sites (N-methyl/N-ethyl adjacent to an activating group) is 1. The monoisotopic (exact) mass is 376 g/mol. The SMILES string of the molecule is CN1C(=O)C(c2cccc(-c3cncnc3)c2)(c2cccc(CF)n2)N=C1N. The molecule has 1 aliphatic rings. The molecule has 7 nitrogen and oxygen atoms in total. The summed E-state index contributed by atoms with van der Waals surface area (Å²) in [4.78, 5) is 31.4. The first kappa shape index (κ1) is 17.7. The summed E-state index contributed by atoms with van der Waals surface area (Å²) in [5.41, 5.74) is 7.22. The molecule has 0 fully saturated rings. The van der Waals surface area contributed by atoms with Crippen LogP contribution in [0.4, 0.5) is 4.39 Å². The Kier molecular flexibility index (Phi) is 4.31. The van der Waals surface area contributed by atoms with Gasteiger partial charge in [-0.25, -0.2) is 19.4 Å². The Morgan fingerprint density at radius 2 is 1.86 bits per heavy atom. The molecule has 1 atom stereocenters. The second-order valence-electron chi connectivity index (χ2n) is 6.40. The highest BCUT2D eigenvalue weighted by Crippen LogP contribution is 2.39. The fraction of sp³-hybridized carbons (Fsp3) is 0.150. The lowest BCUT2D eigenvalue weighted by molar-refractivity contribution is -0.129. The number of hydrogen-bond donors (Lipinski definition) is 1. The normalized spacial score (nSPS) is 19.0. The zero-order valence-electron chi connectivity index (χ0n) is 15.1. The molecule has 1 unspecified atom stereocenters. The summed E-state index contributed by atoms with van der Waals surface area (Å²) < 4.78 is 13.2. The van der Waals surface area contributed by atoms with Gasteiger partial charge in [0.2, 0.25) is 5.54 Å². The first-order valence-corrected chi connectivity index (χ1v) is 8.58. The quantitative estimate of drug-likeness (QED) is 0.751. The lowest BCUT2D eigenvalue weighted by Gasteiger charge is -2.25. The molecular formula is C20H17FN6O. The fourth-order valence-corrected chi connectivity index (χ4v) is 3.27. The van der Waals surface area contributed by atoms with Crippen LogP contribution in [0.3, 0.4) is 0 Å². The zero-order chi connectivity index (χ0) is 19.7. The average molecular weight is 376 g/mol. The number of guanidine groups is 1. The van der Waals surface area contributed by atoms with Crippen molar-refractivity contribution in [1.82, 2.24) is 19.9 Å². The van der Waals surface area contributed by atoms with Gasteiger partial charge in [-0.3, -0.25) is 14.7 Å². The maximum Gasteiger partial charge on any atom is 0.267 e. The summed E-state index contributed by atoms with van der Waals surface area (Å²) in [6.07, 6.45) is 4.81. The number of hydrogen-bond acceptors (Lipinski definition) is 6. The lowest BCUT2D eigenvalue weighted by atomic mass is 9.84. The topological polar surface area (TPSA) is 97.4 Å². The minimum atomic E-state index is -1.48. The highest BCUT2D eigenvalue weighted by molar-refractivity contribution is 6.08. The van der Waals surface area contributed by atoms with Crippen LogP contribution < -0.4 is 5.73 Å². The molecule has 0 radical (unpaired) electrons. The van der Waals surface area contributed by atoms with Crippen molar-refractivity contribution >= 4 is 11.9 Å². The Morgan fingerprint density at radius 3 is 2.54 bits per heavy atom. The predicted octanol–water partition coefficient (Wildman–Crippen LogP) is 2.04. The summed E-state index contributed by atoms with van der Waals surface area (Å²) in [5, 5.41) is 0. The minimum absolute atomic E-state index is 0.0749. The summed E-state index contributed by atoms with van der Waals surface area (Å²) in [5.74, 6) is -0.277. The highest BCUT2D eigenvalue weighted by atomic mass is 19.1. The van der Waals surface area contributed by atoms with E-state index >= 15 is 0 Å². The van der Waals surface area contributed by atoms with Gasteiger partial charge in [0.15, 0.2) is 5.96 Å². The summed E-state index contributed by atoms with van der Waals surface area (Å²) in [7, 11) is 1.55. The van der Waals surface area contributed by atoms with Crippen molar-refractivity contribution in [3.63, 3.8) is 0 Å². The molecule has 1 amide bonds. The third-order valence-corrected chi connectivity index (χ3v) is 4.73. The number of pyridine rings is 1. The molecule has 2 N–H and O–H groups in total. The van der Waals surface area contributed by atoms with E-state index < -0.39 is 12.2 Å². The third kappa shape index (κ3) is 2.70. The van der Waals surface area contributed by atoms with Crippen LogP contribution in [0.25, 0.3) is 11.1 Å². The van der Waals surface area contributed by atoms with Gasteiger partial charge in [-0.1, -0.05) is 24.3 Å². The van der Waals surface area contributed by atoms with Gasteiger partial charge >= 0.3 is 0 Å². The van der Waals surface area contributed by atoms with E-state index in [4.69, 9.17) is 5.73 Å². The molecule has 0 saturated carbocycles. The first-order valence-electron chi connectivity index (χ1n) is 8.58. The van der Waals surface area contributed by atoms with Gasteiger partial charge in [-0.05, 0) is 29.3 Å². The molecule has 3 aromatic rings. The number of nitrogens with zero attached hydrogens (tertiary/aromatic N) is 5. The molecule has 2 aromatic heterocycles. The van der Waals surface area contributed by atoms with Crippen LogP contribution in [0.1, 0.15) is 17.0 Å². The number of benzene rings is 1. The van der Waals surface area contributed by atoms with E-state index in [-0.39, 0.29) is 17.6 Å². The van der Waals surface area contributed by atoms with Gasteiger partial charge in [0.1, 0.15) is 13.0 Å². The van der Waals surface area contributed by atoms with E-state index in [0.717, 1.165) is 11.1 Å². The van der Waals surface area contributed by atoms with Crippen LogP contribution in [0.2, 0.25) is 0 Å². The number of carbonyl (C=O) groups excluding carboxylic acids is 1. The molecule has 0 spiro atoms. The number of aromatic nitrogens is 3. The Labute approximate surface area is 160 Å². The number of alkyl halides is 1. The second kappa shape index (κ2) is 6.80. The maximum absolute atomic E-state index is 13.3. The van der Waals surface area contributed by atoms with Gasteiger partial charge < -0.3 is 5.73 Å². The average Bonchev–Trinajstić information content (AvgIpc) is 2.99. The van der Waals surface area contributed by atoms with Gasteiger partial charge in [0, 0.05) is 25.0 Å². The van der Waals surface area contributed by atoms with Crippen molar-refractivity contribution in [3.8, 4) is 11.1 Å². The number of rotatable bonds is 4. The van der Waals surface area contributed by atoms with Gasteiger partial charge in [0.05, 0.1) is 11.4 Å².